The van der Waals surface area contributed by atoms with E-state index in [0.29, 0.717) is 34.8 Å². The van der Waals surface area contributed by atoms with E-state index in [9.17, 15) is 13.2 Å². The number of halogens is 1. The molecule has 1 amide bonds. The number of benzene rings is 2. The van der Waals surface area contributed by atoms with Crippen LogP contribution in [0.25, 0.3) is 10.9 Å². The first kappa shape index (κ1) is 21.0. The van der Waals surface area contributed by atoms with Gasteiger partial charge in [-0.2, -0.15) is 11.8 Å². The smallest absolute Gasteiger partial charge is 0.256 e. The first-order valence-electron chi connectivity index (χ1n) is 9.26. The number of hydrogen-bond donors (Lipinski definition) is 0. The molecule has 0 saturated carbocycles. The van der Waals surface area contributed by atoms with Gasteiger partial charge in [0.05, 0.1) is 28.0 Å². The highest BCUT2D eigenvalue weighted by atomic mass is 35.5. The fourth-order valence-corrected chi connectivity index (χ4v) is 6.13. The Morgan fingerprint density at radius 3 is 2.67 bits per heavy atom. The van der Waals surface area contributed by atoms with Crippen molar-refractivity contribution in [2.45, 2.75) is 9.79 Å². The number of nitrogens with zero attached hydrogens (tertiary/aromatic N) is 2. The van der Waals surface area contributed by atoms with Crippen molar-refractivity contribution in [1.29, 1.82) is 0 Å². The van der Waals surface area contributed by atoms with Gasteiger partial charge in [0.15, 0.2) is 0 Å². The lowest BCUT2D eigenvalue weighted by Crippen LogP contribution is -2.38. The largest absolute Gasteiger partial charge is 0.497 e. The van der Waals surface area contributed by atoms with Crippen molar-refractivity contribution >= 4 is 50.0 Å². The van der Waals surface area contributed by atoms with Gasteiger partial charge in [-0.3, -0.25) is 9.78 Å². The molecule has 0 atom stereocenters. The van der Waals surface area contributed by atoms with Crippen LogP contribution in [0.3, 0.4) is 0 Å². The molecular weight excluding hydrogens is 444 g/mol. The highest BCUT2D eigenvalue weighted by Crippen LogP contribution is 2.34. The molecule has 1 fully saturated rings. The topological polar surface area (TPSA) is 76.6 Å². The minimum Gasteiger partial charge on any atom is -0.497 e. The summed E-state index contributed by atoms with van der Waals surface area (Å²) in [7, 11) is -2.59. The number of hydrogen-bond acceptors (Lipinski definition) is 6. The average Bonchev–Trinajstić information content (AvgIpc) is 2.78. The summed E-state index contributed by atoms with van der Waals surface area (Å²) in [6.45, 7) is 1.13. The van der Waals surface area contributed by atoms with Crippen LogP contribution >= 0.6 is 23.4 Å². The van der Waals surface area contributed by atoms with Crippen LogP contribution in [0.2, 0.25) is 5.02 Å². The Hall–Kier alpha value is -2.29. The number of carbonyl (C=O) groups excluding carboxylic acids is 1. The minimum atomic E-state index is -4.06. The number of aromatic nitrogens is 1. The molecule has 1 aliphatic rings. The zero-order valence-electron chi connectivity index (χ0n) is 16.2. The fourth-order valence-electron chi connectivity index (χ4n) is 3.41. The molecule has 2 heterocycles. The van der Waals surface area contributed by atoms with Crippen LogP contribution in [0.5, 0.6) is 5.75 Å². The molecule has 1 saturated heterocycles. The van der Waals surface area contributed by atoms with Crippen molar-refractivity contribution in [3.05, 3.63) is 59.2 Å². The number of rotatable bonds is 4. The summed E-state index contributed by atoms with van der Waals surface area (Å²) in [5.74, 6) is 1.70. The number of amides is 1. The lowest BCUT2D eigenvalue weighted by atomic mass is 10.1. The quantitative estimate of drug-likeness (QED) is 0.585. The third-order valence-electron chi connectivity index (χ3n) is 4.93. The molecule has 6 nitrogen and oxygen atoms in total. The Morgan fingerprint density at radius 2 is 1.93 bits per heavy atom. The number of methoxy groups -OCH3 is 1. The van der Waals surface area contributed by atoms with E-state index in [1.165, 1.54) is 25.4 Å². The van der Waals surface area contributed by atoms with Gasteiger partial charge in [-0.1, -0.05) is 17.7 Å². The zero-order chi connectivity index (χ0) is 21.3. The Labute approximate surface area is 184 Å². The average molecular weight is 463 g/mol. The second-order valence-corrected chi connectivity index (χ2v) is 10.3. The molecular formula is C21H19ClN2O4S2. The summed E-state index contributed by atoms with van der Waals surface area (Å²) in [6.07, 6.45) is 1.35. The zero-order valence-corrected chi connectivity index (χ0v) is 18.6. The molecule has 0 unspecified atom stereocenters. The lowest BCUT2D eigenvalue weighted by Gasteiger charge is -2.27. The van der Waals surface area contributed by atoms with Crippen molar-refractivity contribution in [2.75, 3.05) is 31.7 Å². The van der Waals surface area contributed by atoms with Crippen molar-refractivity contribution in [2.24, 2.45) is 0 Å². The van der Waals surface area contributed by atoms with Gasteiger partial charge in [-0.15, -0.1) is 0 Å². The first-order valence-corrected chi connectivity index (χ1v) is 12.3. The molecule has 4 rings (SSSR count). The molecule has 1 aliphatic heterocycles. The van der Waals surface area contributed by atoms with Crippen LogP contribution in [0.1, 0.15) is 10.4 Å². The third-order valence-corrected chi connectivity index (χ3v) is 7.96. The number of pyridine rings is 1. The summed E-state index contributed by atoms with van der Waals surface area (Å²) < 4.78 is 32.7. The molecule has 3 aromatic rings. The van der Waals surface area contributed by atoms with Gasteiger partial charge in [-0.05, 0) is 36.4 Å². The van der Waals surface area contributed by atoms with E-state index in [1.807, 2.05) is 0 Å². The lowest BCUT2D eigenvalue weighted by molar-refractivity contribution is 0.0768. The van der Waals surface area contributed by atoms with Crippen LogP contribution in [0.15, 0.2) is 58.5 Å². The summed E-state index contributed by atoms with van der Waals surface area (Å²) in [5, 5.41) is 0.688. The number of fused-ring (bicyclic) bond motifs is 1. The molecule has 0 radical (unpaired) electrons. The first-order chi connectivity index (χ1) is 14.4. The summed E-state index contributed by atoms with van der Waals surface area (Å²) in [5.41, 5.74) is 0.506. The number of thioether (sulfide) groups is 1. The second-order valence-electron chi connectivity index (χ2n) is 6.75. The summed E-state index contributed by atoms with van der Waals surface area (Å²) in [4.78, 5) is 19.3. The van der Waals surface area contributed by atoms with Crippen LogP contribution in [-0.2, 0) is 9.84 Å². The third kappa shape index (κ3) is 3.87. The Balaban J connectivity index is 1.97. The Kier molecular flexibility index (Phi) is 5.90. The van der Waals surface area contributed by atoms with Crippen molar-refractivity contribution in [3.8, 4) is 5.75 Å². The molecule has 0 N–H and O–H groups in total. The molecule has 30 heavy (non-hydrogen) atoms. The molecule has 1 aromatic heterocycles. The molecule has 156 valence electrons. The predicted octanol–water partition coefficient (Wildman–Crippen LogP) is 3.92. The van der Waals surface area contributed by atoms with Crippen LogP contribution in [-0.4, -0.2) is 55.9 Å². The van der Waals surface area contributed by atoms with E-state index >= 15 is 0 Å². The van der Waals surface area contributed by atoms with Gasteiger partial charge in [-0.25, -0.2) is 8.42 Å². The monoisotopic (exact) mass is 462 g/mol. The number of sulfone groups is 1. The molecule has 2 aromatic carbocycles. The molecule has 9 heteroatoms. The Morgan fingerprint density at radius 1 is 1.17 bits per heavy atom. The standard InChI is InChI=1S/C21H19ClN2O4S2/c1-28-15-3-2-4-16(12-15)30(26,27)20-17-11-14(22)5-6-19(17)23-13-18(20)21(25)24-7-9-29-10-8-24/h2-6,11-13H,7-10H2,1H3. The van der Waals surface area contributed by atoms with Crippen molar-refractivity contribution in [3.63, 3.8) is 0 Å². The van der Waals surface area contributed by atoms with Crippen LogP contribution < -0.4 is 4.74 Å². The molecule has 0 bridgehead atoms. The van der Waals surface area contributed by atoms with Gasteiger partial charge in [0.2, 0.25) is 9.84 Å². The highest BCUT2D eigenvalue weighted by molar-refractivity contribution is 7.99. The number of carbonyl (C=O) groups is 1. The van der Waals surface area contributed by atoms with Gasteiger partial charge < -0.3 is 9.64 Å². The molecule has 0 spiro atoms. The van der Waals surface area contributed by atoms with Crippen molar-refractivity contribution in [1.82, 2.24) is 9.88 Å². The van der Waals surface area contributed by atoms with E-state index in [2.05, 4.69) is 4.98 Å². The van der Waals surface area contributed by atoms with E-state index < -0.39 is 9.84 Å². The molecule has 0 aliphatic carbocycles. The number of ether oxygens (including phenoxy) is 1. The summed E-state index contributed by atoms with van der Waals surface area (Å²) in [6, 6.07) is 11.0. The normalized spacial score (nSPS) is 14.7. The predicted molar refractivity (Wildman–Crippen MR) is 118 cm³/mol. The fraction of sp³-hybridized carbons (Fsp3) is 0.238. The van der Waals surface area contributed by atoms with E-state index in [4.69, 9.17) is 16.3 Å². The maximum atomic E-state index is 13.7. The van der Waals surface area contributed by atoms with E-state index in [1.54, 1.807) is 47.0 Å². The van der Waals surface area contributed by atoms with Gasteiger partial charge in [0.25, 0.3) is 5.91 Å². The second kappa shape index (κ2) is 8.45. The summed E-state index contributed by atoms with van der Waals surface area (Å²) >= 11 is 7.94. The maximum Gasteiger partial charge on any atom is 0.256 e. The van der Waals surface area contributed by atoms with Crippen molar-refractivity contribution < 1.29 is 17.9 Å². The minimum absolute atomic E-state index is 0.0394. The van der Waals surface area contributed by atoms with E-state index in [0.717, 1.165) is 11.5 Å². The highest BCUT2D eigenvalue weighted by Gasteiger charge is 2.31. The van der Waals surface area contributed by atoms with Gasteiger partial charge in [0, 0.05) is 41.2 Å². The SMILES string of the molecule is COc1cccc(S(=O)(=O)c2c(C(=O)N3CCSCC3)cnc3ccc(Cl)cc23)c1. The van der Waals surface area contributed by atoms with Gasteiger partial charge >= 0.3 is 0 Å². The van der Waals surface area contributed by atoms with Crippen LogP contribution in [0.4, 0.5) is 0 Å². The maximum absolute atomic E-state index is 13.7. The van der Waals surface area contributed by atoms with E-state index in [-0.39, 0.29) is 21.3 Å². The van der Waals surface area contributed by atoms with Gasteiger partial charge in [0.1, 0.15) is 5.75 Å². The Bertz CT molecular complexity index is 1220. The van der Waals surface area contributed by atoms with Crippen LogP contribution in [0, 0.1) is 0 Å².